The first-order valence-corrected chi connectivity index (χ1v) is 9.34. The quantitative estimate of drug-likeness (QED) is 0.492. The van der Waals surface area contributed by atoms with Gasteiger partial charge in [-0.15, -0.1) is 0 Å². The number of aromatic nitrogens is 1. The molecule has 0 fully saturated rings. The molecular weight excluding hydrogens is 439 g/mol. The van der Waals surface area contributed by atoms with Crippen LogP contribution in [0.5, 0.6) is 0 Å². The molecule has 0 aliphatic carbocycles. The van der Waals surface area contributed by atoms with Crippen molar-refractivity contribution in [2.24, 2.45) is 4.99 Å². The second kappa shape index (κ2) is 9.90. The highest BCUT2D eigenvalue weighted by atomic mass is 35.5. The largest absolute Gasteiger partial charge is 0.466 e. The number of pyridine rings is 1. The summed E-state index contributed by atoms with van der Waals surface area (Å²) in [7, 11) is 1.16. The van der Waals surface area contributed by atoms with E-state index in [1.165, 1.54) is 6.07 Å². The number of nitrogens with zero attached hydrogens (tertiary/aromatic N) is 2. The van der Waals surface area contributed by atoms with Gasteiger partial charge in [-0.1, -0.05) is 17.7 Å². The number of halogens is 4. The molecule has 0 amide bonds. The Balaban J connectivity index is 2.17. The van der Waals surface area contributed by atoms with Crippen molar-refractivity contribution < 1.29 is 32.5 Å². The number of carbonyl (C=O) groups is 1. The fraction of sp³-hybridized carbons (Fsp3) is 0.250. The lowest BCUT2D eigenvalue weighted by atomic mass is 9.95. The van der Waals surface area contributed by atoms with Crippen LogP contribution in [0.4, 0.5) is 13.2 Å². The van der Waals surface area contributed by atoms with E-state index < -0.39 is 29.5 Å². The molecule has 1 aliphatic rings. The van der Waals surface area contributed by atoms with Crippen molar-refractivity contribution >= 4 is 23.4 Å². The maximum Gasteiger partial charge on any atom is 0.338 e. The summed E-state index contributed by atoms with van der Waals surface area (Å²) in [6, 6.07) is 3.01. The van der Waals surface area contributed by atoms with E-state index in [2.05, 4.69) is 15.3 Å². The first-order chi connectivity index (χ1) is 14.8. The normalized spacial score (nSPS) is 16.1. The molecule has 1 atom stereocenters. The van der Waals surface area contributed by atoms with Crippen LogP contribution >= 0.6 is 11.6 Å². The van der Waals surface area contributed by atoms with Crippen LogP contribution < -0.4 is 5.32 Å². The lowest BCUT2D eigenvalue weighted by molar-refractivity contribution is -0.136. The van der Waals surface area contributed by atoms with Crippen molar-refractivity contribution in [1.29, 1.82) is 0 Å². The van der Waals surface area contributed by atoms with Crippen LogP contribution in [0.2, 0.25) is 5.02 Å². The van der Waals surface area contributed by atoms with Gasteiger partial charge in [0.15, 0.2) is 11.7 Å². The zero-order valence-electron chi connectivity index (χ0n) is 16.2. The Bertz CT molecular complexity index is 1060. The van der Waals surface area contributed by atoms with Crippen molar-refractivity contribution in [2.45, 2.75) is 6.04 Å². The Morgan fingerprint density at radius 2 is 2.03 bits per heavy atom. The maximum atomic E-state index is 14.4. The molecule has 11 heteroatoms. The van der Waals surface area contributed by atoms with Crippen molar-refractivity contribution in [1.82, 2.24) is 10.3 Å². The minimum atomic E-state index is -1.13. The molecule has 0 spiro atoms. The smallest absolute Gasteiger partial charge is 0.338 e. The molecule has 31 heavy (non-hydrogen) atoms. The summed E-state index contributed by atoms with van der Waals surface area (Å²) in [6.07, 6.45) is 0.809. The van der Waals surface area contributed by atoms with Gasteiger partial charge in [-0.25, -0.2) is 22.9 Å². The topological polar surface area (TPSA) is 93.0 Å². The standard InChI is InChI=1S/C20H17ClF3N3O4/c1-30-20(29)16-15(9-31-5-4-28)26-19(18-14(24)7-11(23)8-25-18)27-17(16)12-3-2-10(22)6-13(12)21/h2-3,6-8,17,28H,4-5,9H2,1H3,(H,26,27). The Hall–Kier alpha value is -2.95. The highest BCUT2D eigenvalue weighted by Crippen LogP contribution is 2.36. The second-order valence-electron chi connectivity index (χ2n) is 6.32. The van der Waals surface area contributed by atoms with Gasteiger partial charge in [0.2, 0.25) is 0 Å². The number of amidine groups is 1. The third-order valence-electron chi connectivity index (χ3n) is 4.30. The van der Waals surface area contributed by atoms with E-state index in [9.17, 15) is 18.0 Å². The first kappa shape index (κ1) is 22.7. The summed E-state index contributed by atoms with van der Waals surface area (Å²) >= 11 is 6.19. The van der Waals surface area contributed by atoms with Crippen LogP contribution in [0.15, 0.2) is 46.7 Å². The molecule has 1 aliphatic heterocycles. The number of carbonyl (C=O) groups excluding carboxylic acids is 1. The number of aliphatic hydroxyl groups excluding tert-OH is 1. The van der Waals surface area contributed by atoms with Crippen molar-refractivity contribution in [3.05, 3.63) is 75.5 Å². The number of benzene rings is 1. The Morgan fingerprint density at radius 1 is 1.26 bits per heavy atom. The number of rotatable bonds is 7. The van der Waals surface area contributed by atoms with Crippen LogP contribution in [0.3, 0.4) is 0 Å². The minimum Gasteiger partial charge on any atom is -0.466 e. The summed E-state index contributed by atoms with van der Waals surface area (Å²) in [5.74, 6) is -3.39. The predicted octanol–water partition coefficient (Wildman–Crippen LogP) is 2.68. The number of hydrogen-bond donors (Lipinski definition) is 2. The third-order valence-corrected chi connectivity index (χ3v) is 4.63. The molecule has 2 N–H and O–H groups in total. The Morgan fingerprint density at radius 3 is 2.68 bits per heavy atom. The molecule has 7 nitrogen and oxygen atoms in total. The predicted molar refractivity (Wildman–Crippen MR) is 105 cm³/mol. The molecule has 2 heterocycles. The van der Waals surface area contributed by atoms with E-state index in [0.29, 0.717) is 6.07 Å². The number of methoxy groups -OCH3 is 1. The average molecular weight is 456 g/mol. The molecule has 0 radical (unpaired) electrons. The van der Waals surface area contributed by atoms with Gasteiger partial charge in [0.1, 0.15) is 23.4 Å². The first-order valence-electron chi connectivity index (χ1n) is 8.96. The number of hydrogen-bond acceptors (Lipinski definition) is 7. The van der Waals surface area contributed by atoms with E-state index >= 15 is 0 Å². The SMILES string of the molecule is COC(=O)C1=C(COCCO)NC(c2ncc(F)cc2F)=NC1c1ccc(F)cc1Cl. The Labute approximate surface area is 180 Å². The van der Waals surface area contributed by atoms with E-state index in [1.807, 2.05) is 0 Å². The van der Waals surface area contributed by atoms with E-state index in [4.69, 9.17) is 26.2 Å². The summed E-state index contributed by atoms with van der Waals surface area (Å²) in [4.78, 5) is 20.6. The fourth-order valence-corrected chi connectivity index (χ4v) is 3.23. The second-order valence-corrected chi connectivity index (χ2v) is 6.72. The van der Waals surface area contributed by atoms with Gasteiger partial charge in [0, 0.05) is 16.7 Å². The average Bonchev–Trinajstić information content (AvgIpc) is 2.73. The highest BCUT2D eigenvalue weighted by Gasteiger charge is 2.34. The van der Waals surface area contributed by atoms with Crippen molar-refractivity contribution in [3.8, 4) is 0 Å². The molecule has 0 saturated carbocycles. The number of esters is 1. The minimum absolute atomic E-state index is 0.0137. The van der Waals surface area contributed by atoms with Crippen LogP contribution in [-0.2, 0) is 14.3 Å². The Kier molecular flexibility index (Phi) is 7.26. The zero-order valence-corrected chi connectivity index (χ0v) is 16.9. The fourth-order valence-electron chi connectivity index (χ4n) is 2.96. The lowest BCUT2D eigenvalue weighted by Crippen LogP contribution is -2.36. The van der Waals surface area contributed by atoms with Crippen molar-refractivity contribution in [2.75, 3.05) is 26.9 Å². The third kappa shape index (κ3) is 5.04. The number of aliphatic hydroxyl groups is 1. The van der Waals surface area contributed by atoms with Gasteiger partial charge in [0.05, 0.1) is 44.4 Å². The highest BCUT2D eigenvalue weighted by molar-refractivity contribution is 6.31. The summed E-state index contributed by atoms with van der Waals surface area (Å²) in [5, 5.41) is 11.7. The van der Waals surface area contributed by atoms with Crippen LogP contribution in [-0.4, -0.2) is 48.8 Å². The molecule has 3 rings (SSSR count). The van der Waals surface area contributed by atoms with Gasteiger partial charge in [-0.3, -0.25) is 4.99 Å². The molecule has 164 valence electrons. The molecule has 2 aromatic rings. The number of aliphatic imine (C=N–C) groups is 1. The molecule has 0 saturated heterocycles. The number of ether oxygens (including phenoxy) is 2. The van der Waals surface area contributed by atoms with E-state index in [0.717, 1.165) is 25.4 Å². The van der Waals surface area contributed by atoms with Crippen LogP contribution in [0, 0.1) is 17.5 Å². The molecular formula is C20H17ClF3N3O4. The van der Waals surface area contributed by atoms with Gasteiger partial charge < -0.3 is 19.9 Å². The van der Waals surface area contributed by atoms with Gasteiger partial charge in [-0.05, 0) is 12.1 Å². The molecule has 1 aromatic carbocycles. The monoisotopic (exact) mass is 455 g/mol. The molecule has 0 bridgehead atoms. The van der Waals surface area contributed by atoms with Crippen LogP contribution in [0.25, 0.3) is 0 Å². The summed E-state index contributed by atoms with van der Waals surface area (Å²) in [5.41, 5.74) is 0.0549. The summed E-state index contributed by atoms with van der Waals surface area (Å²) in [6.45, 7) is -0.525. The van der Waals surface area contributed by atoms with Gasteiger partial charge >= 0.3 is 5.97 Å². The zero-order chi connectivity index (χ0) is 22.5. The maximum absolute atomic E-state index is 14.4. The summed E-state index contributed by atoms with van der Waals surface area (Å²) < 4.78 is 51.4. The van der Waals surface area contributed by atoms with Crippen molar-refractivity contribution in [3.63, 3.8) is 0 Å². The van der Waals surface area contributed by atoms with Gasteiger partial charge in [0.25, 0.3) is 0 Å². The van der Waals surface area contributed by atoms with Gasteiger partial charge in [-0.2, -0.15) is 0 Å². The molecule has 1 unspecified atom stereocenters. The van der Waals surface area contributed by atoms with E-state index in [-0.39, 0.29) is 53.2 Å². The van der Waals surface area contributed by atoms with Crippen LogP contribution in [0.1, 0.15) is 17.3 Å². The van der Waals surface area contributed by atoms with E-state index in [1.54, 1.807) is 0 Å². The molecule has 1 aromatic heterocycles. The lowest BCUT2D eigenvalue weighted by Gasteiger charge is -2.27. The number of nitrogens with one attached hydrogen (secondary N) is 1.